The summed E-state index contributed by atoms with van der Waals surface area (Å²) in [6.45, 7) is 1.61. The average molecular weight is 337 g/mol. The number of carbonyl (C=O) groups is 2. The van der Waals surface area contributed by atoms with E-state index in [2.05, 4.69) is 17.4 Å². The number of nitrogens with zero attached hydrogens (tertiary/aromatic N) is 1. The molecule has 0 aromatic heterocycles. The van der Waals surface area contributed by atoms with E-state index in [-0.39, 0.29) is 17.7 Å². The van der Waals surface area contributed by atoms with Gasteiger partial charge < -0.3 is 16.0 Å². The number of hydrogen-bond donors (Lipinski definition) is 2. The van der Waals surface area contributed by atoms with Gasteiger partial charge >= 0.3 is 0 Å². The molecule has 0 spiro atoms. The molecule has 5 heteroatoms. The lowest BCUT2D eigenvalue weighted by molar-refractivity contribution is -0.128. The minimum Gasteiger partial charge on any atom is -0.343 e. The number of nitrogens with one attached hydrogen (secondary N) is 1. The zero-order valence-corrected chi connectivity index (χ0v) is 14.5. The minimum absolute atomic E-state index is 0.0182. The van der Waals surface area contributed by atoms with Gasteiger partial charge in [-0.1, -0.05) is 48.5 Å². The van der Waals surface area contributed by atoms with Gasteiger partial charge in [0, 0.05) is 18.7 Å². The molecule has 0 aliphatic carbocycles. The van der Waals surface area contributed by atoms with Crippen molar-refractivity contribution in [2.75, 3.05) is 11.9 Å². The van der Waals surface area contributed by atoms with Gasteiger partial charge in [0.1, 0.15) is 6.04 Å². The quantitative estimate of drug-likeness (QED) is 0.900. The molecule has 1 aliphatic heterocycles. The van der Waals surface area contributed by atoms with Gasteiger partial charge in [-0.05, 0) is 30.5 Å². The highest BCUT2D eigenvalue weighted by molar-refractivity contribution is 6.00. The molecule has 130 valence electrons. The van der Waals surface area contributed by atoms with Gasteiger partial charge in [-0.25, -0.2) is 0 Å². The third kappa shape index (κ3) is 3.42. The van der Waals surface area contributed by atoms with Crippen LogP contribution in [0.2, 0.25) is 0 Å². The van der Waals surface area contributed by atoms with Gasteiger partial charge in [0.2, 0.25) is 11.8 Å². The molecule has 2 unspecified atom stereocenters. The Bertz CT molecular complexity index is 774. The maximum atomic E-state index is 12.9. The number of likely N-dealkylation sites (N-methyl/N-ethyl adjacent to an activating group) is 1. The molecular formula is C20H23N3O2. The fourth-order valence-corrected chi connectivity index (χ4v) is 3.33. The molecule has 3 rings (SSSR count). The number of nitrogens with two attached hydrogens (primary N) is 1. The van der Waals surface area contributed by atoms with Gasteiger partial charge in [0.25, 0.3) is 0 Å². The summed E-state index contributed by atoms with van der Waals surface area (Å²) in [6, 6.07) is 16.7. The second-order valence-electron chi connectivity index (χ2n) is 6.50. The molecule has 0 radical (unpaired) electrons. The third-order valence-corrected chi connectivity index (χ3v) is 4.71. The number of benzene rings is 2. The van der Waals surface area contributed by atoms with Gasteiger partial charge in [0.05, 0.1) is 6.04 Å². The van der Waals surface area contributed by atoms with Gasteiger partial charge in [-0.15, -0.1) is 0 Å². The van der Waals surface area contributed by atoms with E-state index in [1.54, 1.807) is 18.9 Å². The van der Waals surface area contributed by atoms with E-state index < -0.39 is 12.1 Å². The fraction of sp³-hybridized carbons (Fsp3) is 0.300. The number of hydrogen-bond acceptors (Lipinski definition) is 3. The zero-order chi connectivity index (χ0) is 18.0. The molecule has 0 bridgehead atoms. The third-order valence-electron chi connectivity index (χ3n) is 4.71. The number of rotatable bonds is 3. The first kappa shape index (κ1) is 17.2. The summed E-state index contributed by atoms with van der Waals surface area (Å²) in [5.74, 6) is -0.422. The molecule has 5 nitrogen and oxygen atoms in total. The Hall–Kier alpha value is -2.66. The SMILES string of the molecule is C[C@H](N)C(=O)NC1CC(c2ccccc2)c2ccccc2N(C)C1=O. The van der Waals surface area contributed by atoms with Crippen molar-refractivity contribution in [2.24, 2.45) is 5.73 Å². The van der Waals surface area contributed by atoms with Crippen molar-refractivity contribution in [2.45, 2.75) is 31.3 Å². The summed E-state index contributed by atoms with van der Waals surface area (Å²) in [5, 5.41) is 2.82. The summed E-state index contributed by atoms with van der Waals surface area (Å²) >= 11 is 0. The molecule has 3 atom stereocenters. The van der Waals surface area contributed by atoms with E-state index in [1.165, 1.54) is 0 Å². The van der Waals surface area contributed by atoms with Crippen molar-refractivity contribution in [1.29, 1.82) is 0 Å². The fourth-order valence-electron chi connectivity index (χ4n) is 3.33. The Balaban J connectivity index is 2.04. The van der Waals surface area contributed by atoms with Gasteiger partial charge in [-0.3, -0.25) is 9.59 Å². The summed E-state index contributed by atoms with van der Waals surface area (Å²) < 4.78 is 0. The summed E-state index contributed by atoms with van der Waals surface area (Å²) in [5.41, 5.74) is 8.75. The molecular weight excluding hydrogens is 314 g/mol. The number of amides is 2. The highest BCUT2D eigenvalue weighted by atomic mass is 16.2. The summed E-state index contributed by atoms with van der Waals surface area (Å²) in [6.07, 6.45) is 0.503. The van der Waals surface area contributed by atoms with E-state index in [1.807, 2.05) is 42.5 Å². The lowest BCUT2D eigenvalue weighted by Crippen LogP contribution is -2.51. The molecule has 0 fully saturated rings. The summed E-state index contributed by atoms with van der Waals surface area (Å²) in [4.78, 5) is 26.6. The van der Waals surface area contributed by atoms with Crippen LogP contribution in [0.3, 0.4) is 0 Å². The molecule has 0 saturated carbocycles. The van der Waals surface area contributed by atoms with E-state index in [0.29, 0.717) is 6.42 Å². The van der Waals surface area contributed by atoms with Gasteiger partial charge in [-0.2, -0.15) is 0 Å². The predicted octanol–water partition coefficient (Wildman–Crippen LogP) is 2.02. The van der Waals surface area contributed by atoms with Crippen molar-refractivity contribution >= 4 is 17.5 Å². The lowest BCUT2D eigenvalue weighted by atomic mass is 9.86. The molecule has 2 aromatic rings. The van der Waals surface area contributed by atoms with Crippen LogP contribution in [0.1, 0.15) is 30.4 Å². The van der Waals surface area contributed by atoms with Crippen LogP contribution in [0.15, 0.2) is 54.6 Å². The lowest BCUT2D eigenvalue weighted by Gasteiger charge is -2.23. The topological polar surface area (TPSA) is 75.4 Å². The molecule has 3 N–H and O–H groups in total. The second kappa shape index (κ2) is 7.07. The minimum atomic E-state index is -0.654. The predicted molar refractivity (Wildman–Crippen MR) is 98.3 cm³/mol. The molecule has 0 saturated heterocycles. The van der Waals surface area contributed by atoms with Crippen molar-refractivity contribution in [3.05, 3.63) is 65.7 Å². The molecule has 2 amide bonds. The van der Waals surface area contributed by atoms with Crippen LogP contribution in [0.25, 0.3) is 0 Å². The monoisotopic (exact) mass is 337 g/mol. The first-order valence-electron chi connectivity index (χ1n) is 8.46. The van der Waals surface area contributed by atoms with Crippen molar-refractivity contribution < 1.29 is 9.59 Å². The van der Waals surface area contributed by atoms with Crippen LogP contribution < -0.4 is 16.0 Å². The Kier molecular flexibility index (Phi) is 4.86. The maximum Gasteiger partial charge on any atom is 0.249 e. The van der Waals surface area contributed by atoms with Crippen molar-refractivity contribution in [1.82, 2.24) is 5.32 Å². The Morgan fingerprint density at radius 3 is 2.48 bits per heavy atom. The van der Waals surface area contributed by atoms with Crippen LogP contribution in [0.4, 0.5) is 5.69 Å². The second-order valence-corrected chi connectivity index (χ2v) is 6.50. The van der Waals surface area contributed by atoms with Crippen LogP contribution in [-0.2, 0) is 9.59 Å². The average Bonchev–Trinajstić information content (AvgIpc) is 2.73. The molecule has 1 aliphatic rings. The van der Waals surface area contributed by atoms with Crippen LogP contribution in [0.5, 0.6) is 0 Å². The number of carbonyl (C=O) groups excluding carboxylic acids is 2. The Morgan fingerprint density at radius 1 is 1.16 bits per heavy atom. The molecule has 2 aromatic carbocycles. The normalized spacial score (nSPS) is 21.2. The van der Waals surface area contributed by atoms with Crippen molar-refractivity contribution in [3.8, 4) is 0 Å². The highest BCUT2D eigenvalue weighted by Gasteiger charge is 2.35. The van der Waals surface area contributed by atoms with Gasteiger partial charge in [0.15, 0.2) is 0 Å². The largest absolute Gasteiger partial charge is 0.343 e. The number of para-hydroxylation sites is 1. The first-order valence-corrected chi connectivity index (χ1v) is 8.46. The summed E-state index contributed by atoms with van der Waals surface area (Å²) in [7, 11) is 1.75. The first-order chi connectivity index (χ1) is 12.0. The zero-order valence-electron chi connectivity index (χ0n) is 14.5. The molecule has 1 heterocycles. The van der Waals surface area contributed by atoms with Crippen LogP contribution in [0, 0.1) is 0 Å². The highest BCUT2D eigenvalue weighted by Crippen LogP contribution is 2.38. The van der Waals surface area contributed by atoms with Crippen LogP contribution >= 0.6 is 0 Å². The van der Waals surface area contributed by atoms with Crippen LogP contribution in [-0.4, -0.2) is 30.9 Å². The number of fused-ring (bicyclic) bond motifs is 1. The standard InChI is InChI=1S/C20H23N3O2/c1-13(21)19(24)22-17-12-16(14-8-4-3-5-9-14)15-10-6-7-11-18(15)23(2)20(17)25/h3-11,13,16-17H,12,21H2,1-2H3,(H,22,24)/t13-,16?,17?/m0/s1. The molecule has 25 heavy (non-hydrogen) atoms. The maximum absolute atomic E-state index is 12.9. The Labute approximate surface area is 147 Å². The van der Waals surface area contributed by atoms with E-state index >= 15 is 0 Å². The van der Waals surface area contributed by atoms with E-state index in [4.69, 9.17) is 5.73 Å². The van der Waals surface area contributed by atoms with E-state index in [0.717, 1.165) is 16.8 Å². The Morgan fingerprint density at radius 2 is 1.80 bits per heavy atom. The smallest absolute Gasteiger partial charge is 0.249 e. The van der Waals surface area contributed by atoms with Crippen molar-refractivity contribution in [3.63, 3.8) is 0 Å². The number of anilines is 1. The van der Waals surface area contributed by atoms with E-state index in [9.17, 15) is 9.59 Å².